The van der Waals surface area contributed by atoms with Gasteiger partial charge in [-0.15, -0.1) is 10.2 Å². The highest BCUT2D eigenvalue weighted by molar-refractivity contribution is 5.80. The van der Waals surface area contributed by atoms with E-state index in [0.717, 1.165) is 89.1 Å². The first-order valence-electron chi connectivity index (χ1n) is 11.4. The van der Waals surface area contributed by atoms with Crippen LogP contribution in [0.1, 0.15) is 49.9 Å². The molecule has 0 amide bonds. The van der Waals surface area contributed by atoms with Crippen molar-refractivity contribution in [2.75, 3.05) is 39.3 Å². The summed E-state index contributed by atoms with van der Waals surface area (Å²) in [6.45, 7) is 9.69. The molecule has 0 unspecified atom stereocenters. The van der Waals surface area contributed by atoms with E-state index in [0.29, 0.717) is 0 Å². The maximum absolute atomic E-state index is 4.94. The number of guanidine groups is 1. The minimum atomic E-state index is 0.809. The van der Waals surface area contributed by atoms with Gasteiger partial charge < -0.3 is 19.3 Å². The average Bonchev–Trinajstić information content (AvgIpc) is 3.35. The lowest BCUT2D eigenvalue weighted by Gasteiger charge is -2.36. The van der Waals surface area contributed by atoms with Gasteiger partial charge in [0.2, 0.25) is 0 Å². The van der Waals surface area contributed by atoms with Crippen LogP contribution in [0.5, 0.6) is 0 Å². The van der Waals surface area contributed by atoms with Crippen LogP contribution in [0.25, 0.3) is 0 Å². The fourth-order valence-electron chi connectivity index (χ4n) is 4.24. The first-order chi connectivity index (χ1) is 14.8. The molecule has 1 saturated heterocycles. The van der Waals surface area contributed by atoms with Gasteiger partial charge >= 0.3 is 0 Å². The summed E-state index contributed by atoms with van der Waals surface area (Å²) in [5, 5.41) is 16.3. The predicted octanol–water partition coefficient (Wildman–Crippen LogP) is 1.71. The van der Waals surface area contributed by atoms with Gasteiger partial charge in [0.15, 0.2) is 5.96 Å². The number of aliphatic imine (C=N–C) groups is 1. The van der Waals surface area contributed by atoms with Crippen molar-refractivity contribution in [1.82, 2.24) is 35.0 Å². The third-order valence-electron chi connectivity index (χ3n) is 5.89. The first kappa shape index (κ1) is 20.8. The van der Waals surface area contributed by atoms with Crippen molar-refractivity contribution >= 4 is 5.96 Å². The van der Waals surface area contributed by atoms with Crippen molar-refractivity contribution in [3.63, 3.8) is 0 Å². The fraction of sp³-hybridized carbons (Fsp3) is 0.714. The monoisotopic (exact) mass is 414 g/mol. The molecule has 0 bridgehead atoms. The van der Waals surface area contributed by atoms with Gasteiger partial charge in [-0.3, -0.25) is 9.89 Å². The molecule has 0 aromatic carbocycles. The summed E-state index contributed by atoms with van der Waals surface area (Å²) in [5.74, 6) is 3.33. The van der Waals surface area contributed by atoms with E-state index < -0.39 is 0 Å². The van der Waals surface area contributed by atoms with Gasteiger partial charge in [-0.05, 0) is 26.2 Å². The van der Waals surface area contributed by atoms with E-state index in [4.69, 9.17) is 9.52 Å². The van der Waals surface area contributed by atoms with E-state index in [9.17, 15) is 0 Å². The summed E-state index contributed by atoms with van der Waals surface area (Å²) in [6, 6.07) is 1.94. The lowest BCUT2D eigenvalue weighted by atomic mass is 10.2. The lowest BCUT2D eigenvalue weighted by Crippen LogP contribution is -2.52. The number of nitrogens with zero attached hydrogens (tertiary/aromatic N) is 7. The summed E-state index contributed by atoms with van der Waals surface area (Å²) < 4.78 is 7.28. The molecule has 2 aromatic heterocycles. The van der Waals surface area contributed by atoms with Crippen LogP contribution in [-0.2, 0) is 25.9 Å². The quantitative estimate of drug-likeness (QED) is 0.419. The fourth-order valence-corrected chi connectivity index (χ4v) is 4.24. The van der Waals surface area contributed by atoms with Gasteiger partial charge in [-0.1, -0.05) is 11.6 Å². The van der Waals surface area contributed by atoms with E-state index >= 15 is 0 Å². The largest absolute Gasteiger partial charge is 0.364 e. The Kier molecular flexibility index (Phi) is 7.34. The Morgan fingerprint density at radius 2 is 2.03 bits per heavy atom. The number of aromatic nitrogens is 4. The molecule has 2 aromatic rings. The summed E-state index contributed by atoms with van der Waals surface area (Å²) in [4.78, 5) is 9.67. The van der Waals surface area contributed by atoms with Crippen LogP contribution in [0, 0.1) is 0 Å². The van der Waals surface area contributed by atoms with Crippen LogP contribution in [0.2, 0.25) is 0 Å². The highest BCUT2D eigenvalue weighted by Crippen LogP contribution is 2.15. The molecule has 4 heterocycles. The average molecular weight is 415 g/mol. The van der Waals surface area contributed by atoms with Crippen LogP contribution in [0.4, 0.5) is 0 Å². The Bertz CT molecular complexity index is 792. The van der Waals surface area contributed by atoms with Gasteiger partial charge in [0.1, 0.15) is 17.9 Å². The van der Waals surface area contributed by atoms with Crippen molar-refractivity contribution < 1.29 is 4.52 Å². The zero-order valence-corrected chi connectivity index (χ0v) is 18.1. The molecular weight excluding hydrogens is 380 g/mol. The molecule has 1 N–H and O–H groups in total. The second kappa shape index (κ2) is 10.6. The van der Waals surface area contributed by atoms with Crippen molar-refractivity contribution in [2.45, 2.75) is 58.5 Å². The van der Waals surface area contributed by atoms with Crippen molar-refractivity contribution in [1.29, 1.82) is 0 Å². The number of aryl methyl sites for hydroxylation is 2. The summed E-state index contributed by atoms with van der Waals surface area (Å²) in [6.07, 6.45) is 8.42. The smallest absolute Gasteiger partial charge is 0.194 e. The van der Waals surface area contributed by atoms with Crippen LogP contribution in [0.15, 0.2) is 21.8 Å². The maximum atomic E-state index is 4.94. The minimum Gasteiger partial charge on any atom is -0.364 e. The van der Waals surface area contributed by atoms with Crippen LogP contribution in [-0.4, -0.2) is 74.9 Å². The maximum Gasteiger partial charge on any atom is 0.194 e. The number of fused-ring (bicyclic) bond motifs is 1. The number of nitrogens with one attached hydrogen (secondary N) is 1. The second-order valence-corrected chi connectivity index (χ2v) is 8.09. The van der Waals surface area contributed by atoms with Gasteiger partial charge in [0.25, 0.3) is 0 Å². The number of hydrogen-bond acceptors (Lipinski definition) is 6. The van der Waals surface area contributed by atoms with Gasteiger partial charge in [-0.2, -0.15) is 0 Å². The standard InChI is InChI=1S/C21H34N8O/c1-2-22-21(28-14-12-27(13-15-28)17-18-9-16-30-26-18)23-10-6-8-20-25-24-19-7-4-3-5-11-29(19)20/h9,16H,2-8,10-15,17H2,1H3,(H,22,23). The van der Waals surface area contributed by atoms with Gasteiger partial charge in [0.05, 0.1) is 5.69 Å². The third-order valence-corrected chi connectivity index (χ3v) is 5.89. The van der Waals surface area contributed by atoms with E-state index in [1.165, 1.54) is 25.1 Å². The van der Waals surface area contributed by atoms with Crippen LogP contribution >= 0.6 is 0 Å². The van der Waals surface area contributed by atoms with E-state index in [1.54, 1.807) is 6.26 Å². The molecule has 2 aliphatic rings. The molecule has 0 saturated carbocycles. The minimum absolute atomic E-state index is 0.809. The Morgan fingerprint density at radius 1 is 1.13 bits per heavy atom. The zero-order chi connectivity index (χ0) is 20.6. The topological polar surface area (TPSA) is 87.6 Å². The number of rotatable bonds is 7. The molecular formula is C21H34N8O. The van der Waals surface area contributed by atoms with Crippen molar-refractivity contribution in [2.24, 2.45) is 4.99 Å². The predicted molar refractivity (Wildman–Crippen MR) is 115 cm³/mol. The summed E-state index contributed by atoms with van der Waals surface area (Å²) in [5.41, 5.74) is 0.996. The van der Waals surface area contributed by atoms with Crippen LogP contribution in [0.3, 0.4) is 0 Å². The second-order valence-electron chi connectivity index (χ2n) is 8.09. The highest BCUT2D eigenvalue weighted by atomic mass is 16.5. The summed E-state index contributed by atoms with van der Waals surface area (Å²) in [7, 11) is 0. The third kappa shape index (κ3) is 5.38. The Hall–Kier alpha value is -2.42. The molecule has 0 spiro atoms. The molecule has 164 valence electrons. The molecule has 9 heteroatoms. The molecule has 1 fully saturated rings. The SMILES string of the molecule is CCNC(=NCCCc1nnc2n1CCCCC2)N1CCN(Cc2ccon2)CC1. The van der Waals surface area contributed by atoms with Gasteiger partial charge in [-0.25, -0.2) is 0 Å². The molecule has 0 radical (unpaired) electrons. The Morgan fingerprint density at radius 3 is 2.83 bits per heavy atom. The Balaban J connectivity index is 1.25. The van der Waals surface area contributed by atoms with Crippen molar-refractivity contribution in [3.05, 3.63) is 29.7 Å². The number of piperazine rings is 1. The van der Waals surface area contributed by atoms with Gasteiger partial charge in [0, 0.05) is 71.3 Å². The first-order valence-corrected chi connectivity index (χ1v) is 11.4. The molecule has 4 rings (SSSR count). The van der Waals surface area contributed by atoms with Crippen LogP contribution < -0.4 is 5.32 Å². The zero-order valence-electron chi connectivity index (χ0n) is 18.1. The Labute approximate surface area is 178 Å². The van der Waals surface area contributed by atoms with E-state index in [2.05, 4.69) is 42.0 Å². The molecule has 2 aliphatic heterocycles. The molecule has 0 aliphatic carbocycles. The molecule has 9 nitrogen and oxygen atoms in total. The molecule has 0 atom stereocenters. The van der Waals surface area contributed by atoms with E-state index in [1.807, 2.05) is 6.07 Å². The molecule has 30 heavy (non-hydrogen) atoms. The van der Waals surface area contributed by atoms with E-state index in [-0.39, 0.29) is 0 Å². The summed E-state index contributed by atoms with van der Waals surface area (Å²) >= 11 is 0. The highest BCUT2D eigenvalue weighted by Gasteiger charge is 2.20. The normalized spacial score (nSPS) is 18.3. The number of hydrogen-bond donors (Lipinski definition) is 1. The van der Waals surface area contributed by atoms with Crippen molar-refractivity contribution in [3.8, 4) is 0 Å². The lowest BCUT2D eigenvalue weighted by molar-refractivity contribution is 0.169.